The van der Waals surface area contributed by atoms with Crippen molar-refractivity contribution < 1.29 is 14.6 Å². The van der Waals surface area contributed by atoms with Gasteiger partial charge in [-0.25, -0.2) is 4.79 Å². The average Bonchev–Trinajstić information content (AvgIpc) is 2.81. The van der Waals surface area contributed by atoms with E-state index in [-0.39, 0.29) is 5.56 Å². The van der Waals surface area contributed by atoms with Crippen molar-refractivity contribution in [2.45, 2.75) is 11.3 Å². The van der Waals surface area contributed by atoms with E-state index in [9.17, 15) is 4.79 Å². The number of nitrogens with zero attached hydrogens (tertiary/aromatic N) is 2. The highest BCUT2D eigenvalue weighted by molar-refractivity contribution is 8.01. The van der Waals surface area contributed by atoms with Crippen molar-refractivity contribution in [1.82, 2.24) is 10.2 Å². The third-order valence-electron chi connectivity index (χ3n) is 2.17. The molecule has 0 spiro atoms. The first-order valence-electron chi connectivity index (χ1n) is 5.54. The summed E-state index contributed by atoms with van der Waals surface area (Å²) in [6.07, 6.45) is 0. The lowest BCUT2D eigenvalue weighted by Crippen LogP contribution is -2.02. The molecule has 0 saturated carbocycles. The van der Waals surface area contributed by atoms with Crippen molar-refractivity contribution in [2.24, 2.45) is 0 Å². The molecule has 0 bridgehead atoms. The average molecular weight is 296 g/mol. The van der Waals surface area contributed by atoms with E-state index in [1.807, 2.05) is 6.92 Å². The zero-order valence-corrected chi connectivity index (χ0v) is 11.8. The zero-order chi connectivity index (χ0) is 13.7. The Labute approximate surface area is 118 Å². The van der Waals surface area contributed by atoms with Crippen molar-refractivity contribution in [2.75, 3.05) is 12.4 Å². The minimum atomic E-state index is -0.954. The van der Waals surface area contributed by atoms with Gasteiger partial charge in [0, 0.05) is 5.75 Å². The highest BCUT2D eigenvalue weighted by Gasteiger charge is 2.04. The molecular weight excluding hydrogens is 284 g/mol. The zero-order valence-electron chi connectivity index (χ0n) is 10.2. The van der Waals surface area contributed by atoms with Crippen LogP contribution in [-0.4, -0.2) is 33.6 Å². The maximum absolute atomic E-state index is 10.8. The Balaban J connectivity index is 1.79. The van der Waals surface area contributed by atoms with E-state index < -0.39 is 5.97 Å². The minimum absolute atomic E-state index is 0.227. The molecule has 0 amide bonds. The summed E-state index contributed by atoms with van der Waals surface area (Å²) >= 11 is 3.12. The van der Waals surface area contributed by atoms with Gasteiger partial charge in [0.25, 0.3) is 0 Å². The van der Waals surface area contributed by atoms with E-state index in [2.05, 4.69) is 10.2 Å². The Morgan fingerprint density at radius 3 is 3.00 bits per heavy atom. The van der Waals surface area contributed by atoms with Crippen LogP contribution in [0.25, 0.3) is 0 Å². The molecule has 19 heavy (non-hydrogen) atoms. The lowest BCUT2D eigenvalue weighted by atomic mass is 10.2. The van der Waals surface area contributed by atoms with Gasteiger partial charge in [-0.2, -0.15) is 0 Å². The molecule has 1 aromatic carbocycles. The number of carboxylic acids is 1. The molecule has 7 heteroatoms. The largest absolute Gasteiger partial charge is 0.493 e. The fourth-order valence-corrected chi connectivity index (χ4v) is 3.05. The second-order valence-electron chi connectivity index (χ2n) is 3.62. The molecule has 0 aliphatic heterocycles. The van der Waals surface area contributed by atoms with Gasteiger partial charge >= 0.3 is 5.97 Å². The summed E-state index contributed by atoms with van der Waals surface area (Å²) in [5, 5.41) is 17.7. The van der Waals surface area contributed by atoms with E-state index in [0.29, 0.717) is 12.4 Å². The van der Waals surface area contributed by atoms with E-state index in [1.54, 1.807) is 35.2 Å². The van der Waals surface area contributed by atoms with Crippen LogP contribution >= 0.6 is 23.1 Å². The van der Waals surface area contributed by atoms with E-state index in [4.69, 9.17) is 9.84 Å². The first-order valence-corrected chi connectivity index (χ1v) is 7.34. The monoisotopic (exact) mass is 296 g/mol. The van der Waals surface area contributed by atoms with Crippen molar-refractivity contribution >= 4 is 29.1 Å². The van der Waals surface area contributed by atoms with Gasteiger partial charge in [-0.05, 0) is 25.1 Å². The highest BCUT2D eigenvalue weighted by Crippen LogP contribution is 2.22. The predicted octanol–water partition coefficient (Wildman–Crippen LogP) is 2.72. The first-order chi connectivity index (χ1) is 9.15. The van der Waals surface area contributed by atoms with Gasteiger partial charge in [0.1, 0.15) is 10.8 Å². The minimum Gasteiger partial charge on any atom is -0.493 e. The molecule has 0 unspecified atom stereocenters. The third kappa shape index (κ3) is 4.22. The van der Waals surface area contributed by atoms with Crippen LogP contribution in [0.15, 0.2) is 28.6 Å². The summed E-state index contributed by atoms with van der Waals surface area (Å²) in [4.78, 5) is 10.8. The maximum Gasteiger partial charge on any atom is 0.335 e. The van der Waals surface area contributed by atoms with Crippen molar-refractivity contribution in [3.8, 4) is 5.75 Å². The topological polar surface area (TPSA) is 72.3 Å². The fraction of sp³-hybridized carbons (Fsp3) is 0.250. The molecule has 100 valence electrons. The molecular formula is C12H12N2O3S2. The smallest absolute Gasteiger partial charge is 0.335 e. The van der Waals surface area contributed by atoms with Gasteiger partial charge in [0.05, 0.1) is 12.2 Å². The molecule has 2 aromatic rings. The predicted molar refractivity (Wildman–Crippen MR) is 74.3 cm³/mol. The van der Waals surface area contributed by atoms with Crippen LogP contribution in [0.5, 0.6) is 5.75 Å². The normalized spacial score (nSPS) is 10.4. The number of carbonyl (C=O) groups is 1. The second-order valence-corrected chi connectivity index (χ2v) is 6.14. The molecule has 0 fully saturated rings. The summed E-state index contributed by atoms with van der Waals surface area (Å²) in [6, 6.07) is 6.46. The van der Waals surface area contributed by atoms with Gasteiger partial charge in [0.2, 0.25) is 0 Å². The number of rotatable bonds is 6. The number of ether oxygens (including phenoxy) is 1. The molecule has 1 aromatic heterocycles. The number of carboxylic acid groups (broad SMARTS) is 1. The molecule has 2 rings (SSSR count). The van der Waals surface area contributed by atoms with Crippen LogP contribution in [0.4, 0.5) is 0 Å². The Morgan fingerprint density at radius 1 is 1.47 bits per heavy atom. The van der Waals surface area contributed by atoms with E-state index in [1.165, 1.54) is 12.1 Å². The van der Waals surface area contributed by atoms with Crippen molar-refractivity contribution in [3.05, 3.63) is 34.8 Å². The quantitative estimate of drug-likeness (QED) is 0.652. The van der Waals surface area contributed by atoms with Crippen LogP contribution in [0.1, 0.15) is 15.4 Å². The van der Waals surface area contributed by atoms with Crippen molar-refractivity contribution in [1.29, 1.82) is 0 Å². The van der Waals surface area contributed by atoms with Crippen molar-refractivity contribution in [3.63, 3.8) is 0 Å². The lowest BCUT2D eigenvalue weighted by Gasteiger charge is -2.05. The van der Waals surface area contributed by atoms with Gasteiger partial charge in [-0.15, -0.1) is 10.2 Å². The number of benzene rings is 1. The first kappa shape index (κ1) is 13.8. The summed E-state index contributed by atoms with van der Waals surface area (Å²) < 4.78 is 6.41. The van der Waals surface area contributed by atoms with Crippen LogP contribution in [0, 0.1) is 6.92 Å². The Bertz CT molecular complexity index is 572. The Hall–Kier alpha value is -1.60. The van der Waals surface area contributed by atoms with Crippen LogP contribution in [-0.2, 0) is 0 Å². The Kier molecular flexibility index (Phi) is 4.75. The Morgan fingerprint density at radius 2 is 2.32 bits per heavy atom. The van der Waals surface area contributed by atoms with Crippen LogP contribution < -0.4 is 4.74 Å². The number of hydrogen-bond acceptors (Lipinski definition) is 6. The van der Waals surface area contributed by atoms with E-state index in [0.717, 1.165) is 15.1 Å². The molecule has 5 nitrogen and oxygen atoms in total. The van der Waals surface area contributed by atoms with Gasteiger partial charge in [0.15, 0.2) is 4.34 Å². The molecule has 0 saturated heterocycles. The molecule has 0 aliphatic rings. The van der Waals surface area contributed by atoms with Gasteiger partial charge < -0.3 is 9.84 Å². The number of hydrogen-bond donors (Lipinski definition) is 1. The number of thioether (sulfide) groups is 1. The molecule has 1 heterocycles. The fourth-order valence-electron chi connectivity index (χ4n) is 1.34. The number of aryl methyl sites for hydroxylation is 1. The summed E-state index contributed by atoms with van der Waals surface area (Å²) in [5.74, 6) is 0.351. The van der Waals surface area contributed by atoms with E-state index >= 15 is 0 Å². The maximum atomic E-state index is 10.8. The second kappa shape index (κ2) is 6.53. The highest BCUT2D eigenvalue weighted by atomic mass is 32.2. The molecule has 0 radical (unpaired) electrons. The summed E-state index contributed by atoms with van der Waals surface area (Å²) in [7, 11) is 0. The SMILES string of the molecule is Cc1nnc(SCCOc2cccc(C(=O)O)c2)s1. The molecule has 0 atom stereocenters. The number of aromatic nitrogens is 2. The van der Waals surface area contributed by atoms with Gasteiger partial charge in [-0.3, -0.25) is 0 Å². The standard InChI is InChI=1S/C12H12N2O3S2/c1-8-13-14-12(19-8)18-6-5-17-10-4-2-3-9(7-10)11(15)16/h2-4,7H,5-6H2,1H3,(H,15,16). The lowest BCUT2D eigenvalue weighted by molar-refractivity contribution is 0.0696. The van der Waals surface area contributed by atoms with Crippen LogP contribution in [0.2, 0.25) is 0 Å². The molecule has 1 N–H and O–H groups in total. The summed E-state index contributed by atoms with van der Waals surface area (Å²) in [5.41, 5.74) is 0.227. The van der Waals surface area contributed by atoms with Gasteiger partial charge in [-0.1, -0.05) is 29.2 Å². The van der Waals surface area contributed by atoms with Crippen LogP contribution in [0.3, 0.4) is 0 Å². The third-order valence-corrected chi connectivity index (χ3v) is 4.10. The number of aromatic carboxylic acids is 1. The molecule has 0 aliphatic carbocycles. The summed E-state index contributed by atoms with van der Waals surface area (Å²) in [6.45, 7) is 2.40.